The van der Waals surface area contributed by atoms with E-state index in [4.69, 9.17) is 0 Å². The third kappa shape index (κ3) is 4.77. The van der Waals surface area contributed by atoms with Crippen LogP contribution in [0.3, 0.4) is 0 Å². The SMILES string of the molecule is O=S(=O)(c1ccccc1)N(Cc1ccc(OC(F)(F)F)cc1)c1nccs1. The molecule has 1 heterocycles. The van der Waals surface area contributed by atoms with Crippen LogP contribution in [0.5, 0.6) is 5.75 Å². The van der Waals surface area contributed by atoms with Crippen molar-refractivity contribution in [3.05, 3.63) is 71.7 Å². The summed E-state index contributed by atoms with van der Waals surface area (Å²) >= 11 is 1.15. The zero-order valence-corrected chi connectivity index (χ0v) is 15.3. The third-order valence-corrected chi connectivity index (χ3v) is 6.11. The first kappa shape index (κ1) is 19.2. The zero-order valence-electron chi connectivity index (χ0n) is 13.6. The molecule has 3 rings (SSSR count). The number of rotatable bonds is 6. The number of benzene rings is 2. The van der Waals surface area contributed by atoms with Crippen LogP contribution in [-0.4, -0.2) is 19.8 Å². The molecule has 10 heteroatoms. The first-order valence-corrected chi connectivity index (χ1v) is 9.90. The minimum atomic E-state index is -4.79. The van der Waals surface area contributed by atoms with Gasteiger partial charge in [-0.15, -0.1) is 24.5 Å². The Labute approximate surface area is 157 Å². The molecule has 0 saturated carbocycles. The molecule has 0 aliphatic heterocycles. The number of aromatic nitrogens is 1. The highest BCUT2D eigenvalue weighted by Crippen LogP contribution is 2.28. The Hall–Kier alpha value is -2.59. The van der Waals surface area contributed by atoms with Gasteiger partial charge in [0.05, 0.1) is 11.4 Å². The van der Waals surface area contributed by atoms with Gasteiger partial charge in [-0.05, 0) is 29.8 Å². The van der Waals surface area contributed by atoms with Crippen molar-refractivity contribution in [3.8, 4) is 5.75 Å². The van der Waals surface area contributed by atoms with Gasteiger partial charge in [0.25, 0.3) is 10.0 Å². The van der Waals surface area contributed by atoms with Gasteiger partial charge in [-0.2, -0.15) is 0 Å². The van der Waals surface area contributed by atoms with Crippen molar-refractivity contribution < 1.29 is 26.3 Å². The standard InChI is InChI=1S/C17H13F3N2O3S2/c18-17(19,20)25-14-8-6-13(7-9-14)12-22(16-21-10-11-26-16)27(23,24)15-4-2-1-3-5-15/h1-11H,12H2. The van der Waals surface area contributed by atoms with Crippen LogP contribution < -0.4 is 9.04 Å². The van der Waals surface area contributed by atoms with Crippen LogP contribution in [0.1, 0.15) is 5.56 Å². The van der Waals surface area contributed by atoms with Gasteiger partial charge in [-0.25, -0.2) is 17.7 Å². The van der Waals surface area contributed by atoms with E-state index in [1.54, 1.807) is 23.6 Å². The summed E-state index contributed by atoms with van der Waals surface area (Å²) in [6.45, 7) is -0.0863. The van der Waals surface area contributed by atoms with Crippen LogP contribution in [0.2, 0.25) is 0 Å². The summed E-state index contributed by atoms with van der Waals surface area (Å²) in [7, 11) is -3.89. The van der Waals surface area contributed by atoms with Crippen LogP contribution >= 0.6 is 11.3 Å². The molecule has 0 amide bonds. The molecule has 3 aromatic rings. The lowest BCUT2D eigenvalue weighted by Gasteiger charge is -2.22. The van der Waals surface area contributed by atoms with Gasteiger partial charge in [0.1, 0.15) is 5.75 Å². The Morgan fingerprint density at radius 1 is 1.04 bits per heavy atom. The second-order valence-electron chi connectivity index (χ2n) is 5.33. The van der Waals surface area contributed by atoms with Gasteiger partial charge in [0.2, 0.25) is 0 Å². The maximum absolute atomic E-state index is 13.0. The van der Waals surface area contributed by atoms with E-state index in [1.807, 2.05) is 0 Å². The van der Waals surface area contributed by atoms with Gasteiger partial charge >= 0.3 is 6.36 Å². The van der Waals surface area contributed by atoms with E-state index in [-0.39, 0.29) is 22.3 Å². The molecule has 0 atom stereocenters. The van der Waals surface area contributed by atoms with E-state index in [2.05, 4.69) is 9.72 Å². The lowest BCUT2D eigenvalue weighted by atomic mass is 10.2. The van der Waals surface area contributed by atoms with Crippen molar-refractivity contribution in [1.29, 1.82) is 0 Å². The fraction of sp³-hybridized carbons (Fsp3) is 0.118. The molecule has 0 unspecified atom stereocenters. The normalized spacial score (nSPS) is 12.0. The first-order chi connectivity index (χ1) is 12.8. The van der Waals surface area contributed by atoms with Gasteiger partial charge in [-0.3, -0.25) is 0 Å². The second-order valence-corrected chi connectivity index (χ2v) is 8.07. The van der Waals surface area contributed by atoms with Crippen molar-refractivity contribution in [2.24, 2.45) is 0 Å². The van der Waals surface area contributed by atoms with E-state index < -0.39 is 16.4 Å². The van der Waals surface area contributed by atoms with Crippen LogP contribution in [0.25, 0.3) is 0 Å². The molecule has 0 fully saturated rings. The molecule has 27 heavy (non-hydrogen) atoms. The molecule has 0 radical (unpaired) electrons. The predicted octanol–water partition coefficient (Wildman–Crippen LogP) is 4.44. The summed E-state index contributed by atoms with van der Waals surface area (Å²) in [6, 6.07) is 12.9. The molecule has 0 bridgehead atoms. The van der Waals surface area contributed by atoms with Crippen LogP contribution in [0.4, 0.5) is 18.3 Å². The fourth-order valence-electron chi connectivity index (χ4n) is 2.28. The Kier molecular flexibility index (Phi) is 5.38. The largest absolute Gasteiger partial charge is 0.573 e. The zero-order chi connectivity index (χ0) is 19.5. The maximum Gasteiger partial charge on any atom is 0.573 e. The van der Waals surface area contributed by atoms with Crippen molar-refractivity contribution >= 4 is 26.5 Å². The molecule has 5 nitrogen and oxygen atoms in total. The van der Waals surface area contributed by atoms with E-state index in [1.165, 1.54) is 30.5 Å². The highest BCUT2D eigenvalue weighted by atomic mass is 32.2. The van der Waals surface area contributed by atoms with Crippen molar-refractivity contribution in [3.63, 3.8) is 0 Å². The average Bonchev–Trinajstić information content (AvgIpc) is 3.14. The number of hydrogen-bond acceptors (Lipinski definition) is 5. The number of thiazole rings is 1. The number of halogens is 3. The molecular formula is C17H13F3N2O3S2. The lowest BCUT2D eigenvalue weighted by Crippen LogP contribution is -2.30. The average molecular weight is 414 g/mol. The lowest BCUT2D eigenvalue weighted by molar-refractivity contribution is -0.274. The smallest absolute Gasteiger partial charge is 0.406 e. The molecule has 142 valence electrons. The summed E-state index contributed by atoms with van der Waals surface area (Å²) in [5.41, 5.74) is 0.485. The number of anilines is 1. The topological polar surface area (TPSA) is 59.5 Å². The summed E-state index contributed by atoms with van der Waals surface area (Å²) in [5.74, 6) is -0.377. The minimum absolute atomic E-state index is 0.0863. The van der Waals surface area contributed by atoms with E-state index in [9.17, 15) is 21.6 Å². The highest BCUT2D eigenvalue weighted by molar-refractivity contribution is 7.93. The monoisotopic (exact) mass is 414 g/mol. The number of nitrogens with zero attached hydrogens (tertiary/aromatic N) is 2. The second kappa shape index (κ2) is 7.57. The van der Waals surface area contributed by atoms with E-state index in [0.717, 1.165) is 27.8 Å². The molecule has 2 aromatic carbocycles. The molecule has 0 spiro atoms. The van der Waals surface area contributed by atoms with Crippen LogP contribution in [-0.2, 0) is 16.6 Å². The molecule has 0 N–H and O–H groups in total. The van der Waals surface area contributed by atoms with Crippen LogP contribution in [0.15, 0.2) is 71.1 Å². The molecule has 0 aliphatic rings. The fourth-order valence-corrected chi connectivity index (χ4v) is 4.57. The quantitative estimate of drug-likeness (QED) is 0.599. The van der Waals surface area contributed by atoms with Gasteiger partial charge in [0.15, 0.2) is 5.13 Å². The highest BCUT2D eigenvalue weighted by Gasteiger charge is 2.31. The summed E-state index contributed by atoms with van der Waals surface area (Å²) in [4.78, 5) is 4.16. The number of ether oxygens (including phenoxy) is 1. The first-order valence-electron chi connectivity index (χ1n) is 7.58. The molecular weight excluding hydrogens is 401 g/mol. The molecule has 1 aromatic heterocycles. The number of hydrogen-bond donors (Lipinski definition) is 0. The Morgan fingerprint density at radius 3 is 2.26 bits per heavy atom. The minimum Gasteiger partial charge on any atom is -0.406 e. The van der Waals surface area contributed by atoms with E-state index >= 15 is 0 Å². The van der Waals surface area contributed by atoms with Crippen molar-refractivity contribution in [2.75, 3.05) is 4.31 Å². The number of alkyl halides is 3. The van der Waals surface area contributed by atoms with E-state index in [0.29, 0.717) is 5.56 Å². The van der Waals surface area contributed by atoms with Crippen molar-refractivity contribution in [2.45, 2.75) is 17.8 Å². The summed E-state index contributed by atoms with van der Waals surface area (Å²) < 4.78 is 67.8. The third-order valence-electron chi connectivity index (χ3n) is 3.45. The Balaban J connectivity index is 1.90. The van der Waals surface area contributed by atoms with Gasteiger partial charge in [0, 0.05) is 11.6 Å². The Morgan fingerprint density at radius 2 is 1.70 bits per heavy atom. The van der Waals surface area contributed by atoms with Gasteiger partial charge < -0.3 is 4.74 Å². The Bertz CT molecular complexity index is 975. The van der Waals surface area contributed by atoms with Gasteiger partial charge in [-0.1, -0.05) is 30.3 Å². The number of sulfonamides is 1. The van der Waals surface area contributed by atoms with Crippen molar-refractivity contribution in [1.82, 2.24) is 4.98 Å². The summed E-state index contributed by atoms with van der Waals surface area (Å²) in [6.07, 6.45) is -3.31. The predicted molar refractivity (Wildman–Crippen MR) is 95.0 cm³/mol. The molecule has 0 aliphatic carbocycles. The summed E-state index contributed by atoms with van der Waals surface area (Å²) in [5, 5.41) is 1.90. The maximum atomic E-state index is 13.0. The van der Waals surface area contributed by atoms with Crippen LogP contribution in [0, 0.1) is 0 Å². The molecule has 0 saturated heterocycles.